The van der Waals surface area contributed by atoms with Crippen molar-refractivity contribution in [2.24, 2.45) is 12.8 Å². The molecule has 0 radical (unpaired) electrons. The number of hydrogen-bond donors (Lipinski definition) is 1. The van der Waals surface area contributed by atoms with Crippen LogP contribution in [0.15, 0.2) is 18.2 Å². The number of imidazole rings is 1. The molecule has 3 heteroatoms. The van der Waals surface area contributed by atoms with E-state index in [1.165, 1.54) is 11.1 Å². The molecule has 1 unspecified atom stereocenters. The topological polar surface area (TPSA) is 43.8 Å². The summed E-state index contributed by atoms with van der Waals surface area (Å²) in [6.07, 6.45) is 0. The van der Waals surface area contributed by atoms with Gasteiger partial charge in [-0.05, 0) is 25.5 Å². The highest BCUT2D eigenvalue weighted by molar-refractivity contribution is 5.79. The minimum Gasteiger partial charge on any atom is -0.330 e. The molecule has 0 aliphatic carbocycles. The fourth-order valence-corrected chi connectivity index (χ4v) is 1.89. The van der Waals surface area contributed by atoms with E-state index in [0.717, 1.165) is 11.3 Å². The summed E-state index contributed by atoms with van der Waals surface area (Å²) in [4.78, 5) is 4.51. The summed E-state index contributed by atoms with van der Waals surface area (Å²) in [7, 11) is 2.01. The smallest absolute Gasteiger partial charge is 0.126 e. The zero-order chi connectivity index (χ0) is 10.3. The summed E-state index contributed by atoms with van der Waals surface area (Å²) in [6, 6.07) is 6.12. The van der Waals surface area contributed by atoms with Gasteiger partial charge in [0.2, 0.25) is 0 Å². The predicted molar refractivity (Wildman–Crippen MR) is 58.1 cm³/mol. The highest BCUT2D eigenvalue weighted by atomic mass is 15.1. The van der Waals surface area contributed by atoms with Gasteiger partial charge in [-0.3, -0.25) is 0 Å². The predicted octanol–water partition coefficient (Wildman–Crippen LogP) is 1.90. The Morgan fingerprint density at radius 3 is 2.71 bits per heavy atom. The molecule has 3 nitrogen and oxygen atoms in total. The van der Waals surface area contributed by atoms with Gasteiger partial charge in [-0.15, -0.1) is 0 Å². The molecule has 14 heavy (non-hydrogen) atoms. The second kappa shape index (κ2) is 3.10. The van der Waals surface area contributed by atoms with Crippen LogP contribution in [0.1, 0.15) is 24.4 Å². The molecule has 0 fully saturated rings. The molecule has 1 heterocycles. The van der Waals surface area contributed by atoms with Gasteiger partial charge in [0.1, 0.15) is 5.82 Å². The van der Waals surface area contributed by atoms with Crippen molar-refractivity contribution in [3.8, 4) is 0 Å². The molecule has 2 N–H and O–H groups in total. The molecule has 0 saturated carbocycles. The number of aromatic nitrogens is 2. The largest absolute Gasteiger partial charge is 0.330 e. The Hall–Kier alpha value is -1.35. The number of fused-ring (bicyclic) bond motifs is 1. The average molecular weight is 189 g/mol. The van der Waals surface area contributed by atoms with Crippen molar-refractivity contribution in [3.63, 3.8) is 0 Å². The van der Waals surface area contributed by atoms with Gasteiger partial charge < -0.3 is 10.3 Å². The van der Waals surface area contributed by atoms with Crippen LogP contribution in [-0.2, 0) is 7.05 Å². The van der Waals surface area contributed by atoms with E-state index < -0.39 is 0 Å². The monoisotopic (exact) mass is 189 g/mol. The van der Waals surface area contributed by atoms with Crippen molar-refractivity contribution in [1.29, 1.82) is 0 Å². The zero-order valence-corrected chi connectivity index (χ0v) is 8.78. The third-order valence-electron chi connectivity index (χ3n) is 2.54. The van der Waals surface area contributed by atoms with Crippen LogP contribution in [0.5, 0.6) is 0 Å². The van der Waals surface area contributed by atoms with Gasteiger partial charge in [-0.1, -0.05) is 12.1 Å². The standard InChI is InChI=1S/C11H15N3/c1-7-5-4-6-9-10(7)14(3)11(13-9)8(2)12/h4-6,8H,12H2,1-3H3. The molecule has 1 atom stereocenters. The van der Waals surface area contributed by atoms with Crippen LogP contribution in [-0.4, -0.2) is 9.55 Å². The molecule has 0 amide bonds. The molecule has 0 spiro atoms. The van der Waals surface area contributed by atoms with E-state index in [2.05, 4.69) is 22.5 Å². The summed E-state index contributed by atoms with van der Waals surface area (Å²) in [5, 5.41) is 0. The molecule has 2 aromatic rings. The molecular formula is C11H15N3. The third-order valence-corrected chi connectivity index (χ3v) is 2.54. The molecule has 1 aromatic heterocycles. The van der Waals surface area contributed by atoms with Crippen LogP contribution in [0, 0.1) is 6.92 Å². The van der Waals surface area contributed by atoms with Crippen molar-refractivity contribution >= 4 is 11.0 Å². The molecule has 0 aliphatic heterocycles. The quantitative estimate of drug-likeness (QED) is 0.744. The minimum absolute atomic E-state index is 0.0215. The second-order valence-electron chi connectivity index (χ2n) is 3.76. The van der Waals surface area contributed by atoms with Gasteiger partial charge in [-0.2, -0.15) is 0 Å². The number of rotatable bonds is 1. The lowest BCUT2D eigenvalue weighted by Crippen LogP contribution is -2.11. The Bertz CT molecular complexity index is 469. The zero-order valence-electron chi connectivity index (χ0n) is 8.78. The van der Waals surface area contributed by atoms with E-state index in [-0.39, 0.29) is 6.04 Å². The van der Waals surface area contributed by atoms with Crippen molar-refractivity contribution in [1.82, 2.24) is 9.55 Å². The van der Waals surface area contributed by atoms with Crippen molar-refractivity contribution in [2.75, 3.05) is 0 Å². The van der Waals surface area contributed by atoms with Crippen molar-refractivity contribution in [3.05, 3.63) is 29.6 Å². The number of nitrogens with two attached hydrogens (primary N) is 1. The van der Waals surface area contributed by atoms with Crippen molar-refractivity contribution in [2.45, 2.75) is 19.9 Å². The highest BCUT2D eigenvalue weighted by Crippen LogP contribution is 2.20. The first-order chi connectivity index (χ1) is 6.61. The Morgan fingerprint density at radius 2 is 2.14 bits per heavy atom. The van der Waals surface area contributed by atoms with E-state index in [0.29, 0.717) is 0 Å². The van der Waals surface area contributed by atoms with E-state index in [4.69, 9.17) is 5.73 Å². The molecule has 1 aromatic carbocycles. The van der Waals surface area contributed by atoms with Gasteiger partial charge in [0.25, 0.3) is 0 Å². The van der Waals surface area contributed by atoms with Crippen LogP contribution in [0.25, 0.3) is 11.0 Å². The minimum atomic E-state index is -0.0215. The fourth-order valence-electron chi connectivity index (χ4n) is 1.89. The van der Waals surface area contributed by atoms with Crippen molar-refractivity contribution < 1.29 is 0 Å². The maximum absolute atomic E-state index is 5.85. The molecule has 0 aliphatic rings. The molecule has 2 rings (SSSR count). The maximum atomic E-state index is 5.85. The Balaban J connectivity index is 2.81. The Morgan fingerprint density at radius 1 is 1.43 bits per heavy atom. The highest BCUT2D eigenvalue weighted by Gasteiger charge is 2.11. The lowest BCUT2D eigenvalue weighted by atomic mass is 10.2. The summed E-state index contributed by atoms with van der Waals surface area (Å²) >= 11 is 0. The summed E-state index contributed by atoms with van der Waals surface area (Å²) < 4.78 is 2.08. The van der Waals surface area contributed by atoms with E-state index in [9.17, 15) is 0 Å². The van der Waals surface area contributed by atoms with E-state index in [1.807, 2.05) is 26.1 Å². The third kappa shape index (κ3) is 1.21. The number of hydrogen-bond acceptors (Lipinski definition) is 2. The van der Waals surface area contributed by atoms with Gasteiger partial charge in [0.05, 0.1) is 17.1 Å². The van der Waals surface area contributed by atoms with Gasteiger partial charge in [0.15, 0.2) is 0 Å². The SMILES string of the molecule is Cc1cccc2nc(C(C)N)n(C)c12. The van der Waals surface area contributed by atoms with Crippen LogP contribution in [0.2, 0.25) is 0 Å². The number of nitrogens with zero attached hydrogens (tertiary/aromatic N) is 2. The van der Waals surface area contributed by atoms with E-state index in [1.54, 1.807) is 0 Å². The van der Waals surface area contributed by atoms with Crippen LogP contribution >= 0.6 is 0 Å². The summed E-state index contributed by atoms with van der Waals surface area (Å²) in [5.41, 5.74) is 9.29. The molecular weight excluding hydrogens is 174 g/mol. The lowest BCUT2D eigenvalue weighted by molar-refractivity contribution is 0.695. The first-order valence-electron chi connectivity index (χ1n) is 4.79. The second-order valence-corrected chi connectivity index (χ2v) is 3.76. The summed E-state index contributed by atoms with van der Waals surface area (Å²) in [6.45, 7) is 4.05. The first-order valence-corrected chi connectivity index (χ1v) is 4.79. The van der Waals surface area contributed by atoms with Crippen LogP contribution < -0.4 is 5.73 Å². The number of aryl methyl sites for hydroxylation is 2. The Kier molecular flexibility index (Phi) is 2.04. The first kappa shape index (κ1) is 9.21. The number of para-hydroxylation sites is 1. The van der Waals surface area contributed by atoms with Crippen LogP contribution in [0.3, 0.4) is 0 Å². The summed E-state index contributed by atoms with van der Waals surface area (Å²) in [5.74, 6) is 0.939. The fraction of sp³-hybridized carbons (Fsp3) is 0.364. The van der Waals surface area contributed by atoms with Gasteiger partial charge in [-0.25, -0.2) is 4.98 Å². The van der Waals surface area contributed by atoms with Gasteiger partial charge in [0, 0.05) is 7.05 Å². The van der Waals surface area contributed by atoms with Crippen LogP contribution in [0.4, 0.5) is 0 Å². The molecule has 0 saturated heterocycles. The Labute approximate surface area is 83.6 Å². The van der Waals surface area contributed by atoms with E-state index >= 15 is 0 Å². The normalized spacial score (nSPS) is 13.4. The molecule has 74 valence electrons. The average Bonchev–Trinajstić information content (AvgIpc) is 2.45. The van der Waals surface area contributed by atoms with Gasteiger partial charge >= 0.3 is 0 Å². The molecule has 0 bridgehead atoms. The number of benzene rings is 1. The maximum Gasteiger partial charge on any atom is 0.126 e. The lowest BCUT2D eigenvalue weighted by Gasteiger charge is -2.05.